The van der Waals surface area contributed by atoms with Crippen LogP contribution in [0.5, 0.6) is 0 Å². The summed E-state index contributed by atoms with van der Waals surface area (Å²) in [7, 11) is 0. The second-order valence-corrected chi connectivity index (χ2v) is 7.84. The van der Waals surface area contributed by atoms with E-state index in [0.717, 1.165) is 11.1 Å². The third kappa shape index (κ3) is 3.54. The van der Waals surface area contributed by atoms with Crippen LogP contribution in [0.15, 0.2) is 60.8 Å². The number of benzene rings is 2. The predicted molar refractivity (Wildman–Crippen MR) is 112 cm³/mol. The Labute approximate surface area is 178 Å². The number of hydrogen-bond donors (Lipinski definition) is 3. The van der Waals surface area contributed by atoms with Crippen LogP contribution in [0.1, 0.15) is 22.0 Å². The fraction of sp³-hybridized carbons (Fsp3) is 0.304. The predicted octanol–water partition coefficient (Wildman–Crippen LogP) is 1.54. The zero-order valence-electron chi connectivity index (χ0n) is 16.7. The summed E-state index contributed by atoms with van der Waals surface area (Å²) in [6.45, 7) is 0.397. The summed E-state index contributed by atoms with van der Waals surface area (Å²) in [5.74, 6) is -0.232. The fourth-order valence-electron chi connectivity index (χ4n) is 4.95. The average Bonchev–Trinajstić information content (AvgIpc) is 3.34. The minimum absolute atomic E-state index is 0.00552. The maximum Gasteiger partial charge on any atom is 0.290 e. The average molecular weight is 421 g/mol. The molecule has 2 heterocycles. The molecule has 1 aromatic heterocycles. The van der Waals surface area contributed by atoms with Gasteiger partial charge in [0.2, 0.25) is 0 Å². The molecule has 1 saturated heterocycles. The first-order valence-electron chi connectivity index (χ1n) is 9.99. The molecule has 5 rings (SSSR count). The van der Waals surface area contributed by atoms with Crippen molar-refractivity contribution < 1.29 is 24.9 Å². The minimum atomic E-state index is -0.674. The Morgan fingerprint density at radius 3 is 2.45 bits per heavy atom. The van der Waals surface area contributed by atoms with E-state index in [4.69, 9.17) is 9.90 Å². The van der Waals surface area contributed by atoms with Crippen LogP contribution in [0, 0.1) is 11.3 Å². The highest BCUT2D eigenvalue weighted by Gasteiger charge is 2.71. The van der Waals surface area contributed by atoms with Gasteiger partial charge in [0.05, 0.1) is 23.3 Å². The molecular weight excluding hydrogens is 398 g/mol. The van der Waals surface area contributed by atoms with Crippen molar-refractivity contribution >= 4 is 23.4 Å². The van der Waals surface area contributed by atoms with Crippen molar-refractivity contribution in [3.8, 4) is 0 Å². The van der Waals surface area contributed by atoms with Crippen molar-refractivity contribution in [2.75, 3.05) is 19.7 Å². The van der Waals surface area contributed by atoms with Crippen molar-refractivity contribution in [2.45, 2.75) is 12.0 Å². The van der Waals surface area contributed by atoms with E-state index in [2.05, 4.69) is 9.97 Å². The lowest BCUT2D eigenvalue weighted by atomic mass is 9.95. The first kappa shape index (κ1) is 20.9. The first-order valence-corrected chi connectivity index (χ1v) is 9.99. The number of aliphatic hydroxyl groups is 2. The lowest BCUT2D eigenvalue weighted by molar-refractivity contribution is -0.122. The van der Waals surface area contributed by atoms with Gasteiger partial charge in [-0.05, 0) is 29.5 Å². The van der Waals surface area contributed by atoms with Gasteiger partial charge < -0.3 is 20.2 Å². The summed E-state index contributed by atoms with van der Waals surface area (Å²) in [5, 5.41) is 27.6. The number of carbonyl (C=O) groups excluding carboxylic acids is 1. The number of carbonyl (C=O) groups is 2. The molecule has 3 N–H and O–H groups in total. The molecule has 0 bridgehead atoms. The van der Waals surface area contributed by atoms with Gasteiger partial charge in [0.25, 0.3) is 12.4 Å². The van der Waals surface area contributed by atoms with Gasteiger partial charge in [-0.1, -0.05) is 42.5 Å². The highest BCUT2D eigenvalue weighted by atomic mass is 16.3. The Hall–Kier alpha value is -3.36. The zero-order valence-corrected chi connectivity index (χ0v) is 16.7. The Kier molecular flexibility index (Phi) is 5.67. The lowest BCUT2D eigenvalue weighted by Gasteiger charge is -2.16. The van der Waals surface area contributed by atoms with Crippen molar-refractivity contribution in [1.29, 1.82) is 0 Å². The van der Waals surface area contributed by atoms with E-state index in [1.165, 1.54) is 6.20 Å². The normalized spacial score (nSPS) is 26.4. The largest absolute Gasteiger partial charge is 0.483 e. The number of aliphatic hydroxyl groups excluding tert-OH is 2. The summed E-state index contributed by atoms with van der Waals surface area (Å²) in [4.78, 5) is 31.8. The van der Waals surface area contributed by atoms with Crippen LogP contribution < -0.4 is 0 Å². The third-order valence-corrected chi connectivity index (χ3v) is 6.35. The van der Waals surface area contributed by atoms with Crippen molar-refractivity contribution in [2.24, 2.45) is 11.3 Å². The molecular formula is C23H23N3O5. The Morgan fingerprint density at radius 2 is 1.77 bits per heavy atom. The molecule has 8 nitrogen and oxygen atoms in total. The molecule has 0 radical (unpaired) electrons. The summed E-state index contributed by atoms with van der Waals surface area (Å²) in [6.07, 6.45) is 0.819. The van der Waals surface area contributed by atoms with Gasteiger partial charge in [-0.3, -0.25) is 14.6 Å². The number of amides is 1. The van der Waals surface area contributed by atoms with Gasteiger partial charge in [0, 0.05) is 25.1 Å². The van der Waals surface area contributed by atoms with Crippen LogP contribution >= 0.6 is 0 Å². The third-order valence-electron chi connectivity index (χ3n) is 6.35. The number of rotatable bonds is 3. The van der Waals surface area contributed by atoms with E-state index in [-0.39, 0.29) is 43.1 Å². The SMILES string of the molecule is O=C(c1cnc2ccccc2n1)N1C[C@H](O)[C@@]2(C1)[C@H](CO)[C@H]2c1ccccc1.O=CO. The molecule has 0 unspecified atom stereocenters. The molecule has 4 atom stereocenters. The van der Waals surface area contributed by atoms with E-state index in [1.54, 1.807) is 4.90 Å². The summed E-state index contributed by atoms with van der Waals surface area (Å²) in [6, 6.07) is 17.3. The minimum Gasteiger partial charge on any atom is -0.483 e. The summed E-state index contributed by atoms with van der Waals surface area (Å²) < 4.78 is 0. The Bertz CT molecular complexity index is 1090. The molecule has 2 aliphatic rings. The number of para-hydroxylation sites is 2. The topological polar surface area (TPSA) is 124 Å². The van der Waals surface area contributed by atoms with Gasteiger partial charge in [-0.25, -0.2) is 4.98 Å². The van der Waals surface area contributed by atoms with Gasteiger partial charge in [-0.15, -0.1) is 0 Å². The number of β-amino-alcohol motifs (C(OH)–C–C–N with tert-alkyl or cyclic N) is 1. The van der Waals surface area contributed by atoms with E-state index in [1.807, 2.05) is 54.6 Å². The maximum absolute atomic E-state index is 13.0. The standard InChI is InChI=1S/C22H21N3O3.CH2O2/c26-12-15-20(14-6-2-1-3-7-14)22(15)13-25(11-19(22)27)21(28)18-10-23-16-8-4-5-9-17(16)24-18;2-1-3/h1-10,15,19-20,26-27H,11-13H2;1H,(H,2,3)/t15-,19+,20-,22-;/m1./s1. The maximum atomic E-state index is 13.0. The van der Waals surface area contributed by atoms with Gasteiger partial charge in [0.1, 0.15) is 5.69 Å². The molecule has 31 heavy (non-hydrogen) atoms. The number of nitrogens with zero attached hydrogens (tertiary/aromatic N) is 3. The van der Waals surface area contributed by atoms with Crippen LogP contribution in [0.25, 0.3) is 11.0 Å². The molecule has 1 amide bonds. The van der Waals surface area contributed by atoms with Gasteiger partial charge >= 0.3 is 0 Å². The van der Waals surface area contributed by atoms with Gasteiger partial charge in [0.15, 0.2) is 0 Å². The number of likely N-dealkylation sites (tertiary alicyclic amines) is 1. The summed E-state index contributed by atoms with van der Waals surface area (Å²) >= 11 is 0. The highest BCUT2D eigenvalue weighted by Crippen LogP contribution is 2.68. The molecule has 1 spiro atoms. The molecule has 8 heteroatoms. The second-order valence-electron chi connectivity index (χ2n) is 7.84. The molecule has 1 saturated carbocycles. The van der Waals surface area contributed by atoms with E-state index in [9.17, 15) is 15.0 Å². The molecule has 1 aliphatic carbocycles. The lowest BCUT2D eigenvalue weighted by Crippen LogP contribution is -2.30. The highest BCUT2D eigenvalue weighted by molar-refractivity contribution is 5.94. The number of carboxylic acid groups (broad SMARTS) is 1. The number of fused-ring (bicyclic) bond motifs is 1. The van der Waals surface area contributed by atoms with Crippen molar-refractivity contribution in [1.82, 2.24) is 14.9 Å². The Morgan fingerprint density at radius 1 is 1.13 bits per heavy atom. The zero-order chi connectivity index (χ0) is 22.0. The van der Waals surface area contributed by atoms with Crippen molar-refractivity contribution in [3.63, 3.8) is 0 Å². The summed E-state index contributed by atoms with van der Waals surface area (Å²) in [5.41, 5.74) is 2.30. The molecule has 3 aromatic rings. The smallest absolute Gasteiger partial charge is 0.290 e. The number of hydrogen-bond acceptors (Lipinski definition) is 6. The van der Waals surface area contributed by atoms with Crippen LogP contribution in [-0.4, -0.2) is 68.4 Å². The van der Waals surface area contributed by atoms with E-state index < -0.39 is 11.5 Å². The van der Waals surface area contributed by atoms with E-state index >= 15 is 0 Å². The molecule has 2 aromatic carbocycles. The Balaban J connectivity index is 0.000000730. The monoisotopic (exact) mass is 421 g/mol. The molecule has 2 fully saturated rings. The van der Waals surface area contributed by atoms with Crippen LogP contribution in [0.3, 0.4) is 0 Å². The molecule has 160 valence electrons. The van der Waals surface area contributed by atoms with Crippen LogP contribution in [-0.2, 0) is 4.79 Å². The van der Waals surface area contributed by atoms with Crippen molar-refractivity contribution in [3.05, 3.63) is 72.1 Å². The van der Waals surface area contributed by atoms with Gasteiger partial charge in [-0.2, -0.15) is 0 Å². The first-order chi connectivity index (χ1) is 15.1. The molecule has 1 aliphatic heterocycles. The van der Waals surface area contributed by atoms with Crippen LogP contribution in [0.4, 0.5) is 0 Å². The van der Waals surface area contributed by atoms with Crippen LogP contribution in [0.2, 0.25) is 0 Å². The second kappa shape index (κ2) is 8.41. The number of aromatic nitrogens is 2. The van der Waals surface area contributed by atoms with E-state index in [0.29, 0.717) is 12.1 Å². The quantitative estimate of drug-likeness (QED) is 0.548. The fourth-order valence-corrected chi connectivity index (χ4v) is 4.95.